The number of rotatable bonds is 3. The number of hydrogen-bond acceptors (Lipinski definition) is 4. The van der Waals surface area contributed by atoms with Crippen molar-refractivity contribution in [1.82, 2.24) is 15.0 Å². The largest absolute Gasteiger partial charge is 0.479 e. The highest BCUT2D eigenvalue weighted by atomic mass is 127. The summed E-state index contributed by atoms with van der Waals surface area (Å²) in [6, 6.07) is 3.67. The van der Waals surface area contributed by atoms with Crippen molar-refractivity contribution in [2.45, 2.75) is 11.0 Å². The summed E-state index contributed by atoms with van der Waals surface area (Å²) in [5.74, 6) is 0.467. The Bertz CT molecular complexity index is 574. The van der Waals surface area contributed by atoms with E-state index in [9.17, 15) is 0 Å². The van der Waals surface area contributed by atoms with Gasteiger partial charge in [-0.2, -0.15) is 4.98 Å². The Kier molecular flexibility index (Phi) is 3.78. The van der Waals surface area contributed by atoms with Gasteiger partial charge in [-0.3, -0.25) is 0 Å². The number of fused-ring (bicyclic) bond motifs is 1. The van der Waals surface area contributed by atoms with Crippen molar-refractivity contribution in [3.8, 4) is 0 Å². The molecule has 0 aliphatic rings. The number of halogens is 2. The highest BCUT2D eigenvalue weighted by molar-refractivity contribution is 14.1. The maximum absolute atomic E-state index is 5.84. The van der Waals surface area contributed by atoms with Crippen molar-refractivity contribution in [3.05, 3.63) is 35.9 Å². The molecule has 2 rings (SSSR count). The normalized spacial score (nSPS) is 12.4. The second kappa shape index (κ2) is 5.14. The first-order valence-corrected chi connectivity index (χ1v) is 6.48. The van der Waals surface area contributed by atoms with Crippen LogP contribution in [0.25, 0.3) is 16.8 Å². The van der Waals surface area contributed by atoms with Gasteiger partial charge in [0.1, 0.15) is 15.6 Å². The summed E-state index contributed by atoms with van der Waals surface area (Å²) in [4.78, 5) is 12.3. The minimum absolute atomic E-state index is 0.000521. The highest BCUT2D eigenvalue weighted by Gasteiger charge is 2.12. The summed E-state index contributed by atoms with van der Waals surface area (Å²) in [7, 11) is 0. The Morgan fingerprint density at radius 3 is 3.00 bits per heavy atom. The van der Waals surface area contributed by atoms with E-state index < -0.39 is 0 Å². The van der Waals surface area contributed by atoms with Crippen molar-refractivity contribution in [2.24, 2.45) is 0 Å². The number of aromatic nitrogens is 3. The van der Waals surface area contributed by atoms with E-state index in [-0.39, 0.29) is 9.39 Å². The van der Waals surface area contributed by atoms with Crippen LogP contribution < -0.4 is 0 Å². The zero-order valence-electron chi connectivity index (χ0n) is 9.02. The SMILES string of the molecule is C=C(OC(C)I)c1nc(Cl)nc2ncccc12. The van der Waals surface area contributed by atoms with E-state index in [2.05, 4.69) is 44.1 Å². The summed E-state index contributed by atoms with van der Waals surface area (Å²) in [5, 5.41) is 0.913. The molecule has 4 nitrogen and oxygen atoms in total. The Labute approximate surface area is 117 Å². The van der Waals surface area contributed by atoms with Crippen LogP contribution in [0.2, 0.25) is 5.28 Å². The molecular weight excluding hydrogens is 352 g/mol. The smallest absolute Gasteiger partial charge is 0.225 e. The average molecular weight is 362 g/mol. The lowest BCUT2D eigenvalue weighted by Gasteiger charge is -2.12. The minimum Gasteiger partial charge on any atom is -0.479 e. The van der Waals surface area contributed by atoms with Crippen LogP contribution in [-0.2, 0) is 4.74 Å². The van der Waals surface area contributed by atoms with E-state index in [0.29, 0.717) is 17.1 Å². The van der Waals surface area contributed by atoms with Gasteiger partial charge in [0, 0.05) is 11.6 Å². The molecule has 0 aromatic carbocycles. The average Bonchev–Trinajstić information content (AvgIpc) is 2.26. The van der Waals surface area contributed by atoms with E-state index in [1.807, 2.05) is 19.1 Å². The predicted molar refractivity (Wildman–Crippen MR) is 75.9 cm³/mol. The molecule has 0 fully saturated rings. The van der Waals surface area contributed by atoms with Crippen LogP contribution in [0.5, 0.6) is 0 Å². The maximum Gasteiger partial charge on any atom is 0.225 e. The zero-order chi connectivity index (χ0) is 12.4. The van der Waals surface area contributed by atoms with Gasteiger partial charge in [-0.05, 0) is 53.2 Å². The number of hydrogen-bond donors (Lipinski definition) is 0. The monoisotopic (exact) mass is 361 g/mol. The highest BCUT2D eigenvalue weighted by Crippen LogP contribution is 2.24. The molecule has 2 aromatic heterocycles. The molecule has 0 radical (unpaired) electrons. The van der Waals surface area contributed by atoms with Crippen LogP contribution in [0.1, 0.15) is 12.6 Å². The first kappa shape index (κ1) is 12.5. The lowest BCUT2D eigenvalue weighted by Crippen LogP contribution is -2.02. The van der Waals surface area contributed by atoms with Gasteiger partial charge < -0.3 is 4.74 Å². The first-order valence-electron chi connectivity index (χ1n) is 4.86. The molecule has 0 N–H and O–H groups in total. The number of pyridine rings is 1. The third kappa shape index (κ3) is 2.84. The van der Waals surface area contributed by atoms with Crippen molar-refractivity contribution in [1.29, 1.82) is 0 Å². The van der Waals surface area contributed by atoms with E-state index in [0.717, 1.165) is 5.39 Å². The van der Waals surface area contributed by atoms with Crippen LogP contribution in [-0.4, -0.2) is 19.1 Å². The quantitative estimate of drug-likeness (QED) is 0.364. The molecule has 0 bridgehead atoms. The molecule has 17 heavy (non-hydrogen) atoms. The van der Waals surface area contributed by atoms with Gasteiger partial charge in [-0.15, -0.1) is 0 Å². The number of alkyl halides is 1. The lowest BCUT2D eigenvalue weighted by atomic mass is 10.2. The third-order valence-corrected chi connectivity index (χ3v) is 2.44. The molecule has 0 aliphatic heterocycles. The van der Waals surface area contributed by atoms with Crippen LogP contribution in [0, 0.1) is 0 Å². The summed E-state index contributed by atoms with van der Waals surface area (Å²) in [5.41, 5.74) is 1.12. The van der Waals surface area contributed by atoms with E-state index in [1.165, 1.54) is 0 Å². The van der Waals surface area contributed by atoms with Gasteiger partial charge in [-0.25, -0.2) is 9.97 Å². The topological polar surface area (TPSA) is 47.9 Å². The molecule has 1 atom stereocenters. The predicted octanol–water partition coefficient (Wildman–Crippen LogP) is 3.45. The van der Waals surface area contributed by atoms with Crippen LogP contribution in [0.3, 0.4) is 0 Å². The van der Waals surface area contributed by atoms with Gasteiger partial charge in [0.25, 0.3) is 0 Å². The standard InChI is InChI=1S/C11H9ClIN3O/c1-6(17-7(2)13)9-8-4-3-5-14-10(8)16-11(12)15-9/h3-5,7H,1H2,2H3. The van der Waals surface area contributed by atoms with Crippen LogP contribution in [0.4, 0.5) is 0 Å². The van der Waals surface area contributed by atoms with E-state index >= 15 is 0 Å². The molecule has 0 amide bonds. The Morgan fingerprint density at radius 1 is 1.53 bits per heavy atom. The van der Waals surface area contributed by atoms with E-state index in [4.69, 9.17) is 16.3 Å². The summed E-state index contributed by atoms with van der Waals surface area (Å²) in [6.45, 7) is 5.76. The molecule has 0 saturated heterocycles. The van der Waals surface area contributed by atoms with Gasteiger partial charge in [-0.1, -0.05) is 6.58 Å². The van der Waals surface area contributed by atoms with E-state index in [1.54, 1.807) is 6.20 Å². The lowest BCUT2D eigenvalue weighted by molar-refractivity contribution is 0.281. The Morgan fingerprint density at radius 2 is 2.29 bits per heavy atom. The van der Waals surface area contributed by atoms with Gasteiger partial charge in [0.15, 0.2) is 5.65 Å². The molecule has 6 heteroatoms. The summed E-state index contributed by atoms with van der Waals surface area (Å²) < 4.78 is 5.52. The summed E-state index contributed by atoms with van der Waals surface area (Å²) >= 11 is 7.99. The Balaban J connectivity index is 2.56. The fourth-order valence-electron chi connectivity index (χ4n) is 1.40. The number of ether oxygens (including phenoxy) is 1. The second-order valence-electron chi connectivity index (χ2n) is 3.30. The van der Waals surface area contributed by atoms with Gasteiger partial charge >= 0.3 is 0 Å². The molecule has 2 heterocycles. The second-order valence-corrected chi connectivity index (χ2v) is 5.39. The van der Waals surface area contributed by atoms with Gasteiger partial charge in [0.2, 0.25) is 5.28 Å². The molecule has 0 spiro atoms. The molecule has 0 aliphatic carbocycles. The van der Waals surface area contributed by atoms with Crippen LogP contribution in [0.15, 0.2) is 24.9 Å². The molecule has 1 unspecified atom stereocenters. The third-order valence-electron chi connectivity index (χ3n) is 2.01. The zero-order valence-corrected chi connectivity index (χ0v) is 11.9. The summed E-state index contributed by atoms with van der Waals surface area (Å²) in [6.07, 6.45) is 1.65. The van der Waals surface area contributed by atoms with Crippen molar-refractivity contribution >= 4 is 51.0 Å². The fourth-order valence-corrected chi connectivity index (χ4v) is 1.87. The molecule has 2 aromatic rings. The Hall–Kier alpha value is -0.950. The molecule has 0 saturated carbocycles. The van der Waals surface area contributed by atoms with Crippen LogP contribution >= 0.6 is 34.2 Å². The molecule has 88 valence electrons. The molecular formula is C11H9ClIN3O. The first-order chi connectivity index (χ1) is 8.08. The van der Waals surface area contributed by atoms with Crippen molar-refractivity contribution in [3.63, 3.8) is 0 Å². The number of nitrogens with zero attached hydrogens (tertiary/aromatic N) is 3. The van der Waals surface area contributed by atoms with Crippen molar-refractivity contribution < 1.29 is 4.74 Å². The minimum atomic E-state index is 0.000521. The fraction of sp³-hybridized carbons (Fsp3) is 0.182. The maximum atomic E-state index is 5.84. The van der Waals surface area contributed by atoms with Crippen molar-refractivity contribution in [2.75, 3.05) is 0 Å². The van der Waals surface area contributed by atoms with Gasteiger partial charge in [0.05, 0.1) is 0 Å².